The Balaban J connectivity index is 1.86. The monoisotopic (exact) mass is 285 g/mol. The minimum atomic E-state index is 0.176. The summed E-state index contributed by atoms with van der Waals surface area (Å²) in [6.45, 7) is 6.64. The molecule has 0 fully saturated rings. The molecular weight excluding hydrogens is 266 g/mol. The van der Waals surface area contributed by atoms with Gasteiger partial charge in [-0.15, -0.1) is 0 Å². The van der Waals surface area contributed by atoms with E-state index in [4.69, 9.17) is 9.26 Å². The van der Waals surface area contributed by atoms with Crippen LogP contribution in [0.3, 0.4) is 0 Å². The first-order valence-electron chi connectivity index (χ1n) is 7.22. The number of fused-ring (bicyclic) bond motifs is 1. The third kappa shape index (κ3) is 2.91. The van der Waals surface area contributed by atoms with E-state index < -0.39 is 0 Å². The Morgan fingerprint density at radius 2 is 2.14 bits per heavy atom. The zero-order valence-corrected chi connectivity index (χ0v) is 12.5. The SMILES string of the molecule is CCc1noc(Cn2ccc3cc(OC(C)C)ccc32)n1. The van der Waals surface area contributed by atoms with Crippen molar-refractivity contribution in [3.63, 3.8) is 0 Å². The van der Waals surface area contributed by atoms with Gasteiger partial charge in [0.25, 0.3) is 0 Å². The molecule has 1 aromatic carbocycles. The maximum Gasteiger partial charge on any atom is 0.246 e. The minimum absolute atomic E-state index is 0.176. The molecule has 110 valence electrons. The topological polar surface area (TPSA) is 53.1 Å². The van der Waals surface area contributed by atoms with Gasteiger partial charge in [-0.2, -0.15) is 4.98 Å². The molecule has 0 bridgehead atoms. The molecule has 0 N–H and O–H groups in total. The van der Waals surface area contributed by atoms with Crippen LogP contribution in [-0.2, 0) is 13.0 Å². The molecular formula is C16H19N3O2. The third-order valence-electron chi connectivity index (χ3n) is 3.25. The normalized spacial score (nSPS) is 11.4. The number of aromatic nitrogens is 3. The summed E-state index contributed by atoms with van der Waals surface area (Å²) in [6.07, 6.45) is 2.99. The summed E-state index contributed by atoms with van der Waals surface area (Å²) in [5.41, 5.74) is 1.13. The highest BCUT2D eigenvalue weighted by molar-refractivity contribution is 5.81. The molecule has 3 rings (SSSR count). The van der Waals surface area contributed by atoms with Gasteiger partial charge in [-0.1, -0.05) is 12.1 Å². The van der Waals surface area contributed by atoms with Gasteiger partial charge >= 0.3 is 0 Å². The van der Waals surface area contributed by atoms with Gasteiger partial charge in [-0.25, -0.2) is 0 Å². The number of rotatable bonds is 5. The van der Waals surface area contributed by atoms with Gasteiger partial charge in [0.15, 0.2) is 5.82 Å². The third-order valence-corrected chi connectivity index (χ3v) is 3.25. The second kappa shape index (κ2) is 5.60. The van der Waals surface area contributed by atoms with E-state index in [-0.39, 0.29) is 6.10 Å². The molecule has 2 heterocycles. The second-order valence-corrected chi connectivity index (χ2v) is 5.29. The summed E-state index contributed by atoms with van der Waals surface area (Å²) in [5, 5.41) is 5.06. The molecule has 0 aliphatic heterocycles. The number of hydrogen-bond donors (Lipinski definition) is 0. The fourth-order valence-corrected chi connectivity index (χ4v) is 2.31. The highest BCUT2D eigenvalue weighted by Crippen LogP contribution is 2.23. The van der Waals surface area contributed by atoms with Crippen LogP contribution in [-0.4, -0.2) is 20.8 Å². The number of benzene rings is 1. The molecule has 0 radical (unpaired) electrons. The lowest BCUT2D eigenvalue weighted by atomic mass is 10.2. The van der Waals surface area contributed by atoms with E-state index in [0.717, 1.165) is 28.9 Å². The maximum absolute atomic E-state index is 5.72. The first kappa shape index (κ1) is 13.7. The highest BCUT2D eigenvalue weighted by Gasteiger charge is 2.09. The molecule has 21 heavy (non-hydrogen) atoms. The molecule has 0 aliphatic carbocycles. The molecule has 0 spiro atoms. The van der Waals surface area contributed by atoms with Gasteiger partial charge in [-0.3, -0.25) is 0 Å². The molecule has 5 heteroatoms. The molecule has 2 aromatic heterocycles. The fourth-order valence-electron chi connectivity index (χ4n) is 2.31. The van der Waals surface area contributed by atoms with E-state index in [1.165, 1.54) is 0 Å². The zero-order chi connectivity index (χ0) is 14.8. The lowest BCUT2D eigenvalue weighted by Gasteiger charge is -2.09. The number of hydrogen-bond acceptors (Lipinski definition) is 4. The van der Waals surface area contributed by atoms with Crippen LogP contribution >= 0.6 is 0 Å². The standard InChI is InChI=1S/C16H19N3O2/c1-4-15-17-16(21-18-15)10-19-8-7-12-9-13(20-11(2)3)5-6-14(12)19/h5-9,11H,4,10H2,1-3H3. The highest BCUT2D eigenvalue weighted by atomic mass is 16.5. The first-order valence-corrected chi connectivity index (χ1v) is 7.22. The Kier molecular flexibility index (Phi) is 3.64. The largest absolute Gasteiger partial charge is 0.491 e. The molecule has 0 aliphatic rings. The molecule has 0 saturated carbocycles. The van der Waals surface area contributed by atoms with Crippen molar-refractivity contribution in [1.29, 1.82) is 0 Å². The van der Waals surface area contributed by atoms with Crippen molar-refractivity contribution in [2.24, 2.45) is 0 Å². The van der Waals surface area contributed by atoms with Gasteiger partial charge in [-0.05, 0) is 38.1 Å². The summed E-state index contributed by atoms with van der Waals surface area (Å²) in [4.78, 5) is 4.34. The van der Waals surface area contributed by atoms with E-state index in [1.54, 1.807) is 0 Å². The second-order valence-electron chi connectivity index (χ2n) is 5.29. The van der Waals surface area contributed by atoms with E-state index in [0.29, 0.717) is 12.4 Å². The van der Waals surface area contributed by atoms with E-state index in [2.05, 4.69) is 32.9 Å². The molecule has 0 saturated heterocycles. The van der Waals surface area contributed by atoms with Crippen LogP contribution in [0.5, 0.6) is 5.75 Å². The van der Waals surface area contributed by atoms with Crippen molar-refractivity contribution in [1.82, 2.24) is 14.7 Å². The van der Waals surface area contributed by atoms with Crippen molar-refractivity contribution in [3.05, 3.63) is 42.2 Å². The van der Waals surface area contributed by atoms with Crippen LogP contribution in [0, 0.1) is 0 Å². The van der Waals surface area contributed by atoms with Crippen molar-refractivity contribution in [3.8, 4) is 5.75 Å². The maximum atomic E-state index is 5.72. The van der Waals surface area contributed by atoms with Crippen LogP contribution in [0.2, 0.25) is 0 Å². The molecule has 3 aromatic rings. The van der Waals surface area contributed by atoms with Gasteiger partial charge in [0.2, 0.25) is 5.89 Å². The Morgan fingerprint density at radius 1 is 1.29 bits per heavy atom. The van der Waals surface area contributed by atoms with Gasteiger partial charge in [0.1, 0.15) is 12.3 Å². The van der Waals surface area contributed by atoms with E-state index in [9.17, 15) is 0 Å². The number of ether oxygens (including phenoxy) is 1. The van der Waals surface area contributed by atoms with E-state index >= 15 is 0 Å². The predicted octanol–water partition coefficient (Wildman–Crippen LogP) is 3.42. The van der Waals surface area contributed by atoms with Gasteiger partial charge in [0.05, 0.1) is 6.10 Å². The van der Waals surface area contributed by atoms with Crippen molar-refractivity contribution in [2.75, 3.05) is 0 Å². The van der Waals surface area contributed by atoms with Crippen LogP contribution in [0.25, 0.3) is 10.9 Å². The molecule has 0 amide bonds. The first-order chi connectivity index (χ1) is 10.2. The van der Waals surface area contributed by atoms with Crippen molar-refractivity contribution >= 4 is 10.9 Å². The number of nitrogens with zero attached hydrogens (tertiary/aromatic N) is 3. The van der Waals surface area contributed by atoms with E-state index in [1.807, 2.05) is 33.0 Å². The smallest absolute Gasteiger partial charge is 0.246 e. The lowest BCUT2D eigenvalue weighted by Crippen LogP contribution is -2.05. The summed E-state index contributed by atoms with van der Waals surface area (Å²) >= 11 is 0. The Bertz CT molecular complexity index is 743. The Labute approximate surface area is 123 Å². The minimum Gasteiger partial charge on any atom is -0.491 e. The van der Waals surface area contributed by atoms with Crippen LogP contribution in [0.15, 0.2) is 35.0 Å². The Hall–Kier alpha value is -2.30. The van der Waals surface area contributed by atoms with Crippen LogP contribution in [0.1, 0.15) is 32.5 Å². The average Bonchev–Trinajstić information content (AvgIpc) is 3.06. The predicted molar refractivity (Wildman–Crippen MR) is 80.5 cm³/mol. The lowest BCUT2D eigenvalue weighted by molar-refractivity contribution is 0.243. The average molecular weight is 285 g/mol. The summed E-state index contributed by atoms with van der Waals surface area (Å²) in [5.74, 6) is 2.27. The van der Waals surface area contributed by atoms with Crippen LogP contribution < -0.4 is 4.74 Å². The Morgan fingerprint density at radius 3 is 2.86 bits per heavy atom. The molecule has 5 nitrogen and oxygen atoms in total. The quantitative estimate of drug-likeness (QED) is 0.720. The van der Waals surface area contributed by atoms with Crippen molar-refractivity contribution in [2.45, 2.75) is 39.8 Å². The molecule has 0 atom stereocenters. The van der Waals surface area contributed by atoms with Crippen molar-refractivity contribution < 1.29 is 9.26 Å². The summed E-state index contributed by atoms with van der Waals surface area (Å²) in [6, 6.07) is 8.17. The summed E-state index contributed by atoms with van der Waals surface area (Å²) in [7, 11) is 0. The van der Waals surface area contributed by atoms with Gasteiger partial charge < -0.3 is 13.8 Å². The number of aryl methyl sites for hydroxylation is 1. The summed E-state index contributed by atoms with van der Waals surface area (Å²) < 4.78 is 13.1. The van der Waals surface area contributed by atoms with Crippen LogP contribution in [0.4, 0.5) is 0 Å². The van der Waals surface area contributed by atoms with Gasteiger partial charge in [0, 0.05) is 23.5 Å². The molecule has 0 unspecified atom stereocenters. The fraction of sp³-hybridized carbons (Fsp3) is 0.375. The zero-order valence-electron chi connectivity index (χ0n) is 12.5.